The van der Waals surface area contributed by atoms with E-state index in [0.717, 1.165) is 5.56 Å². The van der Waals surface area contributed by atoms with E-state index in [1.807, 2.05) is 32.0 Å². The largest absolute Gasteiger partial charge is 0.488 e. The van der Waals surface area contributed by atoms with Crippen molar-refractivity contribution in [3.63, 3.8) is 0 Å². The highest BCUT2D eigenvalue weighted by atomic mass is 16.5. The first-order valence-corrected chi connectivity index (χ1v) is 8.40. The van der Waals surface area contributed by atoms with Gasteiger partial charge in [0.1, 0.15) is 19.1 Å². The van der Waals surface area contributed by atoms with Gasteiger partial charge in [0.2, 0.25) is 0 Å². The molecular weight excluding hydrogens is 338 g/mol. The number of aromatic amines is 1. The Bertz CT molecular complexity index is 870. The predicted octanol–water partition coefficient (Wildman–Crippen LogP) is 1.52. The summed E-state index contributed by atoms with van der Waals surface area (Å²) in [5.41, 5.74) is 1.22. The van der Waals surface area contributed by atoms with E-state index in [2.05, 4.69) is 10.1 Å². The first-order chi connectivity index (χ1) is 12.6. The van der Waals surface area contributed by atoms with Crippen molar-refractivity contribution >= 4 is 6.21 Å². The molecule has 0 aliphatic rings. The highest BCUT2D eigenvalue weighted by molar-refractivity contribution is 5.58. The quantitative estimate of drug-likeness (QED) is 0.400. The maximum Gasteiger partial charge on any atom is 0.330 e. The van der Waals surface area contributed by atoms with Crippen molar-refractivity contribution < 1.29 is 14.7 Å². The zero-order chi connectivity index (χ0) is 18.9. The maximum absolute atomic E-state index is 12.2. The predicted molar refractivity (Wildman–Crippen MR) is 97.3 cm³/mol. The third-order valence-corrected chi connectivity index (χ3v) is 3.87. The molecular formula is C18H23N3O5. The highest BCUT2D eigenvalue weighted by Crippen LogP contribution is 2.17. The number of ether oxygens (including phenoxy) is 2. The van der Waals surface area contributed by atoms with Crippen molar-refractivity contribution in [1.82, 2.24) is 9.55 Å². The summed E-state index contributed by atoms with van der Waals surface area (Å²) in [7, 11) is 0. The van der Waals surface area contributed by atoms with Crippen LogP contribution in [-0.4, -0.2) is 34.2 Å². The van der Waals surface area contributed by atoms with E-state index in [-0.39, 0.29) is 18.9 Å². The molecule has 0 aliphatic heterocycles. The molecule has 0 saturated heterocycles. The number of H-pyrrole nitrogens is 1. The average Bonchev–Trinajstić information content (AvgIpc) is 2.62. The Labute approximate surface area is 150 Å². The van der Waals surface area contributed by atoms with E-state index in [1.54, 1.807) is 6.07 Å². The molecule has 0 aliphatic carbocycles. The highest BCUT2D eigenvalue weighted by Gasteiger charge is 2.14. The summed E-state index contributed by atoms with van der Waals surface area (Å²) in [5, 5.41) is 11.3. The molecule has 8 nitrogen and oxygen atoms in total. The number of nitrogens with one attached hydrogen (secondary N) is 1. The first-order valence-electron chi connectivity index (χ1n) is 8.40. The smallest absolute Gasteiger partial charge is 0.330 e. The summed E-state index contributed by atoms with van der Waals surface area (Å²) < 4.78 is 12.3. The molecule has 26 heavy (non-hydrogen) atoms. The lowest BCUT2D eigenvalue weighted by atomic mass is 10.0. The van der Waals surface area contributed by atoms with Gasteiger partial charge in [-0.25, -0.2) is 4.79 Å². The Balaban J connectivity index is 2.40. The molecule has 2 N–H and O–H groups in total. The third kappa shape index (κ3) is 4.82. The van der Waals surface area contributed by atoms with Crippen LogP contribution >= 0.6 is 0 Å². The lowest BCUT2D eigenvalue weighted by molar-refractivity contribution is 0.0822. The number of aromatic nitrogens is 2. The van der Waals surface area contributed by atoms with Crippen molar-refractivity contribution in [3.8, 4) is 5.75 Å². The van der Waals surface area contributed by atoms with Gasteiger partial charge in [-0.15, -0.1) is 0 Å². The summed E-state index contributed by atoms with van der Waals surface area (Å²) in [6, 6.07) is 7.31. The van der Waals surface area contributed by atoms with Gasteiger partial charge in [0, 0.05) is 24.3 Å². The molecule has 8 heteroatoms. The minimum absolute atomic E-state index is 0.0810. The van der Waals surface area contributed by atoms with Crippen LogP contribution in [0.25, 0.3) is 0 Å². The molecule has 1 aromatic carbocycles. The van der Waals surface area contributed by atoms with E-state index in [0.29, 0.717) is 36.5 Å². The zero-order valence-corrected chi connectivity index (χ0v) is 14.9. The Morgan fingerprint density at radius 2 is 2.12 bits per heavy atom. The molecule has 0 atom stereocenters. The van der Waals surface area contributed by atoms with Gasteiger partial charge in [0.05, 0.1) is 6.21 Å². The number of rotatable bonds is 9. The van der Waals surface area contributed by atoms with Crippen LogP contribution in [0.3, 0.4) is 0 Å². The van der Waals surface area contributed by atoms with Crippen LogP contribution in [0, 0.1) is 0 Å². The zero-order valence-electron chi connectivity index (χ0n) is 14.9. The molecule has 140 valence electrons. The molecule has 0 unspecified atom stereocenters. The minimum Gasteiger partial charge on any atom is -0.488 e. The SMILES string of the molecule is CCOCn1c(Cc2cccc(OC/C=N/O)c2)c(CC)c(=O)[nH]c1=O. The molecule has 0 radical (unpaired) electrons. The van der Waals surface area contributed by atoms with Crippen molar-refractivity contribution in [2.75, 3.05) is 13.2 Å². The summed E-state index contributed by atoms with van der Waals surface area (Å²) in [4.78, 5) is 26.8. The van der Waals surface area contributed by atoms with Gasteiger partial charge in [-0.2, -0.15) is 0 Å². The molecule has 2 aromatic rings. The second kappa shape index (κ2) is 9.57. The molecule has 0 amide bonds. The summed E-state index contributed by atoms with van der Waals surface area (Å²) in [6.07, 6.45) is 2.12. The van der Waals surface area contributed by atoms with Gasteiger partial charge in [-0.1, -0.05) is 24.2 Å². The van der Waals surface area contributed by atoms with Crippen LogP contribution in [0.4, 0.5) is 0 Å². The summed E-state index contributed by atoms with van der Waals surface area (Å²) in [6.45, 7) is 4.39. The number of hydrogen-bond donors (Lipinski definition) is 2. The van der Waals surface area contributed by atoms with E-state index in [9.17, 15) is 9.59 Å². The lowest BCUT2D eigenvalue weighted by Crippen LogP contribution is -2.36. The Hall–Kier alpha value is -2.87. The Morgan fingerprint density at radius 3 is 2.81 bits per heavy atom. The van der Waals surface area contributed by atoms with Gasteiger partial charge < -0.3 is 14.7 Å². The lowest BCUT2D eigenvalue weighted by Gasteiger charge is -2.16. The summed E-state index contributed by atoms with van der Waals surface area (Å²) >= 11 is 0. The van der Waals surface area contributed by atoms with E-state index >= 15 is 0 Å². The number of oxime groups is 1. The van der Waals surface area contributed by atoms with Crippen molar-refractivity contribution in [2.24, 2.45) is 5.16 Å². The van der Waals surface area contributed by atoms with Gasteiger partial charge in [-0.3, -0.25) is 14.3 Å². The van der Waals surface area contributed by atoms with Crippen molar-refractivity contribution in [3.05, 3.63) is 61.9 Å². The van der Waals surface area contributed by atoms with Crippen LogP contribution in [0.5, 0.6) is 5.75 Å². The molecule has 0 spiro atoms. The van der Waals surface area contributed by atoms with Crippen molar-refractivity contribution in [1.29, 1.82) is 0 Å². The van der Waals surface area contributed by atoms with Crippen LogP contribution in [0.1, 0.15) is 30.7 Å². The third-order valence-electron chi connectivity index (χ3n) is 3.87. The fraction of sp³-hybridized carbons (Fsp3) is 0.389. The topological polar surface area (TPSA) is 106 Å². The van der Waals surface area contributed by atoms with Gasteiger partial charge in [0.25, 0.3) is 5.56 Å². The molecule has 1 heterocycles. The molecule has 0 fully saturated rings. The monoisotopic (exact) mass is 361 g/mol. The molecule has 0 bridgehead atoms. The second-order valence-electron chi connectivity index (χ2n) is 5.52. The Morgan fingerprint density at radius 1 is 1.31 bits per heavy atom. The number of hydrogen-bond acceptors (Lipinski definition) is 6. The fourth-order valence-corrected chi connectivity index (χ4v) is 2.65. The van der Waals surface area contributed by atoms with Crippen molar-refractivity contribution in [2.45, 2.75) is 33.4 Å². The molecule has 2 rings (SSSR count). The van der Waals surface area contributed by atoms with Crippen LogP contribution in [0.2, 0.25) is 0 Å². The van der Waals surface area contributed by atoms with Gasteiger partial charge >= 0.3 is 5.69 Å². The maximum atomic E-state index is 12.2. The number of nitrogens with zero attached hydrogens (tertiary/aromatic N) is 2. The fourth-order valence-electron chi connectivity index (χ4n) is 2.65. The minimum atomic E-state index is -0.484. The first kappa shape index (κ1) is 19.5. The number of benzene rings is 1. The Kier molecular flexibility index (Phi) is 7.16. The van der Waals surface area contributed by atoms with Gasteiger partial charge in [-0.05, 0) is 31.0 Å². The molecule has 1 aromatic heterocycles. The second-order valence-corrected chi connectivity index (χ2v) is 5.52. The van der Waals surface area contributed by atoms with E-state index in [4.69, 9.17) is 14.7 Å². The van der Waals surface area contributed by atoms with Crippen LogP contribution in [-0.2, 0) is 24.3 Å². The summed E-state index contributed by atoms with van der Waals surface area (Å²) in [5.74, 6) is 0.601. The van der Waals surface area contributed by atoms with E-state index in [1.165, 1.54) is 10.8 Å². The van der Waals surface area contributed by atoms with Gasteiger partial charge in [0.15, 0.2) is 0 Å². The van der Waals surface area contributed by atoms with E-state index < -0.39 is 5.69 Å². The average molecular weight is 361 g/mol. The standard InChI is InChI=1S/C18H23N3O5/c1-3-15-16(21(12-25-4-2)18(23)20-17(15)22)11-13-6-5-7-14(10-13)26-9-8-19-24/h5-8,10,24H,3-4,9,11-12H2,1-2H3,(H,20,22,23)/b19-8+. The van der Waals surface area contributed by atoms with Crippen LogP contribution < -0.4 is 16.0 Å². The normalized spacial score (nSPS) is 11.2. The molecule has 0 saturated carbocycles. The van der Waals surface area contributed by atoms with Crippen LogP contribution in [0.15, 0.2) is 39.0 Å².